The van der Waals surface area contributed by atoms with Gasteiger partial charge in [0.1, 0.15) is 11.9 Å². The van der Waals surface area contributed by atoms with Gasteiger partial charge < -0.3 is 15.3 Å². The standard InChI is InChI=1S/C11H15FO3S/c12-10-7(6-13)2-1-3-8(10)11(15)9(14)4-5-16/h1-3,9,11,13-16H,4-6H2. The Bertz CT molecular complexity index is 346. The van der Waals surface area contributed by atoms with Crippen LogP contribution in [-0.2, 0) is 6.61 Å². The van der Waals surface area contributed by atoms with E-state index in [0.29, 0.717) is 5.75 Å². The Morgan fingerprint density at radius 2 is 2.00 bits per heavy atom. The molecule has 3 nitrogen and oxygen atoms in total. The van der Waals surface area contributed by atoms with E-state index in [1.807, 2.05) is 0 Å². The third-order valence-electron chi connectivity index (χ3n) is 2.39. The zero-order chi connectivity index (χ0) is 12.1. The van der Waals surface area contributed by atoms with Crippen LogP contribution < -0.4 is 0 Å². The lowest BCUT2D eigenvalue weighted by Gasteiger charge is -2.18. The van der Waals surface area contributed by atoms with E-state index in [1.54, 1.807) is 0 Å². The fourth-order valence-corrected chi connectivity index (χ4v) is 1.71. The molecular weight excluding hydrogens is 231 g/mol. The summed E-state index contributed by atoms with van der Waals surface area (Å²) in [5.74, 6) is -0.268. The molecule has 0 aliphatic heterocycles. The number of benzene rings is 1. The first-order valence-electron chi connectivity index (χ1n) is 4.97. The van der Waals surface area contributed by atoms with Crippen LogP contribution in [0.25, 0.3) is 0 Å². The molecule has 5 heteroatoms. The maximum absolute atomic E-state index is 13.7. The van der Waals surface area contributed by atoms with Crippen LogP contribution in [0.5, 0.6) is 0 Å². The molecule has 0 saturated carbocycles. The van der Waals surface area contributed by atoms with Gasteiger partial charge in [0.15, 0.2) is 0 Å². The number of thiol groups is 1. The number of aliphatic hydroxyl groups is 3. The Morgan fingerprint density at radius 1 is 1.31 bits per heavy atom. The van der Waals surface area contributed by atoms with E-state index >= 15 is 0 Å². The highest BCUT2D eigenvalue weighted by Gasteiger charge is 2.21. The van der Waals surface area contributed by atoms with Gasteiger partial charge in [0, 0.05) is 11.1 Å². The van der Waals surface area contributed by atoms with Crippen LogP contribution in [0, 0.1) is 5.82 Å². The van der Waals surface area contributed by atoms with Crippen molar-refractivity contribution in [3.8, 4) is 0 Å². The Morgan fingerprint density at radius 3 is 2.56 bits per heavy atom. The molecule has 1 aromatic carbocycles. The van der Waals surface area contributed by atoms with Crippen LogP contribution in [0.15, 0.2) is 18.2 Å². The first-order chi connectivity index (χ1) is 7.61. The predicted molar refractivity (Wildman–Crippen MR) is 61.8 cm³/mol. The Kier molecular flexibility index (Phi) is 5.21. The number of rotatable bonds is 5. The largest absolute Gasteiger partial charge is 0.392 e. The van der Waals surface area contributed by atoms with Crippen LogP contribution >= 0.6 is 12.6 Å². The fraction of sp³-hybridized carbons (Fsp3) is 0.455. The monoisotopic (exact) mass is 246 g/mol. The second-order valence-corrected chi connectivity index (χ2v) is 3.95. The summed E-state index contributed by atoms with van der Waals surface area (Å²) < 4.78 is 13.7. The molecule has 1 rings (SSSR count). The van der Waals surface area contributed by atoms with E-state index in [9.17, 15) is 14.6 Å². The maximum Gasteiger partial charge on any atom is 0.134 e. The summed E-state index contributed by atoms with van der Waals surface area (Å²) in [6.07, 6.45) is -2.08. The normalized spacial score (nSPS) is 14.8. The summed E-state index contributed by atoms with van der Waals surface area (Å²) in [7, 11) is 0. The number of aliphatic hydroxyl groups excluding tert-OH is 3. The minimum atomic E-state index is -1.29. The molecule has 2 atom stereocenters. The molecule has 0 aromatic heterocycles. The maximum atomic E-state index is 13.7. The van der Waals surface area contributed by atoms with Crippen molar-refractivity contribution in [1.29, 1.82) is 0 Å². The fourth-order valence-electron chi connectivity index (χ4n) is 1.45. The molecule has 0 spiro atoms. The lowest BCUT2D eigenvalue weighted by molar-refractivity contribution is 0.0150. The van der Waals surface area contributed by atoms with Crippen molar-refractivity contribution in [1.82, 2.24) is 0 Å². The Balaban J connectivity index is 2.94. The quantitative estimate of drug-likeness (QED) is 0.587. The summed E-state index contributed by atoms with van der Waals surface area (Å²) >= 11 is 3.93. The summed E-state index contributed by atoms with van der Waals surface area (Å²) in [5.41, 5.74) is 0.107. The highest BCUT2D eigenvalue weighted by molar-refractivity contribution is 7.80. The minimum Gasteiger partial charge on any atom is -0.392 e. The third kappa shape index (κ3) is 2.95. The summed E-state index contributed by atoms with van der Waals surface area (Å²) in [4.78, 5) is 0. The van der Waals surface area contributed by atoms with Gasteiger partial charge in [0.2, 0.25) is 0 Å². The molecule has 0 heterocycles. The molecule has 0 amide bonds. The van der Waals surface area contributed by atoms with E-state index in [0.717, 1.165) is 0 Å². The van der Waals surface area contributed by atoms with Gasteiger partial charge in [-0.05, 0) is 12.2 Å². The van der Waals surface area contributed by atoms with Crippen molar-refractivity contribution in [2.45, 2.75) is 25.2 Å². The van der Waals surface area contributed by atoms with Crippen molar-refractivity contribution in [3.63, 3.8) is 0 Å². The van der Waals surface area contributed by atoms with Gasteiger partial charge in [-0.15, -0.1) is 0 Å². The number of halogens is 1. The summed E-state index contributed by atoms with van der Waals surface area (Å²) in [5, 5.41) is 28.1. The molecule has 2 unspecified atom stereocenters. The van der Waals surface area contributed by atoms with Crippen molar-refractivity contribution in [2.75, 3.05) is 5.75 Å². The van der Waals surface area contributed by atoms with Crippen LogP contribution in [0.4, 0.5) is 4.39 Å². The summed E-state index contributed by atoms with van der Waals surface area (Å²) in [6, 6.07) is 4.35. The molecule has 0 bridgehead atoms. The second-order valence-electron chi connectivity index (χ2n) is 3.50. The van der Waals surface area contributed by atoms with Gasteiger partial charge >= 0.3 is 0 Å². The Labute approximate surface area is 99.0 Å². The van der Waals surface area contributed by atoms with Gasteiger partial charge in [-0.2, -0.15) is 12.6 Å². The van der Waals surface area contributed by atoms with E-state index in [-0.39, 0.29) is 17.5 Å². The molecule has 0 aliphatic carbocycles. The van der Waals surface area contributed by atoms with Crippen molar-refractivity contribution >= 4 is 12.6 Å². The van der Waals surface area contributed by atoms with Crippen LogP contribution in [0.3, 0.4) is 0 Å². The van der Waals surface area contributed by atoms with Crippen LogP contribution in [0.2, 0.25) is 0 Å². The highest BCUT2D eigenvalue weighted by Crippen LogP contribution is 2.24. The molecular formula is C11H15FO3S. The van der Waals surface area contributed by atoms with Gasteiger partial charge in [-0.1, -0.05) is 18.2 Å². The SMILES string of the molecule is OCc1cccc(C(O)C(O)CCS)c1F. The highest BCUT2D eigenvalue weighted by atomic mass is 32.1. The van der Waals surface area contributed by atoms with E-state index in [1.165, 1.54) is 18.2 Å². The zero-order valence-corrected chi connectivity index (χ0v) is 9.57. The van der Waals surface area contributed by atoms with Gasteiger partial charge in [0.25, 0.3) is 0 Å². The van der Waals surface area contributed by atoms with Crippen LogP contribution in [0.1, 0.15) is 23.7 Å². The van der Waals surface area contributed by atoms with Crippen molar-refractivity contribution in [2.24, 2.45) is 0 Å². The Hall–Kier alpha value is -0.620. The average Bonchev–Trinajstić information content (AvgIpc) is 2.29. The summed E-state index contributed by atoms with van der Waals surface area (Å²) in [6.45, 7) is -0.435. The molecule has 0 radical (unpaired) electrons. The minimum absolute atomic E-state index is 0.000772. The lowest BCUT2D eigenvalue weighted by Crippen LogP contribution is -2.20. The zero-order valence-electron chi connectivity index (χ0n) is 8.67. The molecule has 0 fully saturated rings. The smallest absolute Gasteiger partial charge is 0.134 e. The molecule has 90 valence electrons. The predicted octanol–water partition coefficient (Wildman–Crippen LogP) is 1.03. The van der Waals surface area contributed by atoms with Gasteiger partial charge in [0.05, 0.1) is 12.7 Å². The number of hydrogen-bond donors (Lipinski definition) is 4. The van der Waals surface area contributed by atoms with Gasteiger partial charge in [-0.3, -0.25) is 0 Å². The van der Waals surface area contributed by atoms with Crippen LogP contribution in [-0.4, -0.2) is 27.2 Å². The van der Waals surface area contributed by atoms with Crippen molar-refractivity contribution in [3.05, 3.63) is 35.1 Å². The van der Waals surface area contributed by atoms with E-state index in [4.69, 9.17) is 5.11 Å². The molecule has 16 heavy (non-hydrogen) atoms. The molecule has 1 aromatic rings. The topological polar surface area (TPSA) is 60.7 Å². The first-order valence-corrected chi connectivity index (χ1v) is 5.60. The first kappa shape index (κ1) is 13.4. The number of hydrogen-bond acceptors (Lipinski definition) is 4. The van der Waals surface area contributed by atoms with Gasteiger partial charge in [-0.25, -0.2) is 4.39 Å². The third-order valence-corrected chi connectivity index (χ3v) is 2.65. The molecule has 0 saturated heterocycles. The average molecular weight is 246 g/mol. The van der Waals surface area contributed by atoms with E-state index < -0.39 is 24.6 Å². The second kappa shape index (κ2) is 6.20. The molecule has 0 aliphatic rings. The lowest BCUT2D eigenvalue weighted by atomic mass is 10.00. The molecule has 3 N–H and O–H groups in total. The van der Waals surface area contributed by atoms with Crippen molar-refractivity contribution < 1.29 is 19.7 Å². The van der Waals surface area contributed by atoms with E-state index in [2.05, 4.69) is 12.6 Å².